The van der Waals surface area contributed by atoms with E-state index in [1.165, 1.54) is 0 Å². The van der Waals surface area contributed by atoms with Crippen LogP contribution in [-0.2, 0) is 9.59 Å². The van der Waals surface area contributed by atoms with Gasteiger partial charge < -0.3 is 24.1 Å². The number of carbonyl (C=O) groups is 2. The number of ether oxygens (including phenoxy) is 2. The third-order valence-electron chi connectivity index (χ3n) is 5.18. The van der Waals surface area contributed by atoms with Gasteiger partial charge in [-0.05, 0) is 31.2 Å². The van der Waals surface area contributed by atoms with Gasteiger partial charge in [0.1, 0.15) is 12.4 Å². The van der Waals surface area contributed by atoms with Crippen molar-refractivity contribution in [1.29, 1.82) is 0 Å². The largest absolute Gasteiger partial charge is 0.485 e. The number of benzene rings is 1. The molecular weight excluding hydrogens is 374 g/mol. The van der Waals surface area contributed by atoms with Crippen LogP contribution >= 0.6 is 0 Å². The topological polar surface area (TPSA) is 84.3 Å². The fourth-order valence-electron chi connectivity index (χ4n) is 3.57. The first-order chi connectivity index (χ1) is 14.1. The molecule has 8 nitrogen and oxygen atoms in total. The quantitative estimate of drug-likeness (QED) is 0.819. The molecule has 154 valence electrons. The zero-order valence-electron chi connectivity index (χ0n) is 16.4. The average Bonchev–Trinajstić information content (AvgIpc) is 3.28. The molecule has 2 amide bonds. The van der Waals surface area contributed by atoms with Crippen LogP contribution < -0.4 is 14.8 Å². The number of nitrogens with zero attached hydrogens (tertiary/aromatic N) is 2. The molecule has 0 aliphatic carbocycles. The van der Waals surface area contributed by atoms with Crippen molar-refractivity contribution in [3.63, 3.8) is 0 Å². The molecule has 2 aliphatic heterocycles. The Morgan fingerprint density at radius 1 is 1.10 bits per heavy atom. The van der Waals surface area contributed by atoms with E-state index in [1.54, 1.807) is 23.3 Å². The summed E-state index contributed by atoms with van der Waals surface area (Å²) in [7, 11) is 0. The fraction of sp³-hybridized carbons (Fsp3) is 0.429. The number of piperazine rings is 1. The first kappa shape index (κ1) is 19.3. The van der Waals surface area contributed by atoms with Gasteiger partial charge in [-0.1, -0.05) is 12.1 Å². The molecule has 0 radical (unpaired) electrons. The Kier molecular flexibility index (Phi) is 5.71. The van der Waals surface area contributed by atoms with E-state index < -0.39 is 6.10 Å². The minimum atomic E-state index is -0.631. The molecule has 2 aromatic rings. The molecule has 1 fully saturated rings. The predicted molar refractivity (Wildman–Crippen MR) is 105 cm³/mol. The molecule has 29 heavy (non-hydrogen) atoms. The zero-order valence-corrected chi connectivity index (χ0v) is 16.4. The molecule has 2 unspecified atom stereocenters. The van der Waals surface area contributed by atoms with Crippen molar-refractivity contribution < 1.29 is 23.5 Å². The highest BCUT2D eigenvalue weighted by molar-refractivity contribution is 5.82. The summed E-state index contributed by atoms with van der Waals surface area (Å²) in [5, 5.41) is 2.93. The van der Waals surface area contributed by atoms with E-state index in [-0.39, 0.29) is 24.5 Å². The lowest BCUT2D eigenvalue weighted by Crippen LogP contribution is -2.55. The Bertz CT molecular complexity index is 846. The molecule has 8 heteroatoms. The minimum absolute atomic E-state index is 0.0608. The maximum Gasteiger partial charge on any atom is 0.267 e. The molecule has 0 bridgehead atoms. The second-order valence-electron chi connectivity index (χ2n) is 7.27. The summed E-state index contributed by atoms with van der Waals surface area (Å²) in [6, 6.07) is 10.8. The van der Waals surface area contributed by atoms with Crippen molar-refractivity contribution in [3.05, 3.63) is 48.4 Å². The fourth-order valence-corrected chi connectivity index (χ4v) is 3.57. The summed E-state index contributed by atoms with van der Waals surface area (Å²) < 4.78 is 16.8. The molecule has 0 spiro atoms. The number of para-hydroxylation sites is 2. The summed E-state index contributed by atoms with van der Waals surface area (Å²) in [4.78, 5) is 28.9. The van der Waals surface area contributed by atoms with Crippen LogP contribution in [0, 0.1) is 0 Å². The van der Waals surface area contributed by atoms with Gasteiger partial charge in [0.05, 0.1) is 18.8 Å². The van der Waals surface area contributed by atoms with Crippen molar-refractivity contribution in [3.8, 4) is 11.5 Å². The standard InChI is InChI=1S/C21H25N3O5/c1-15(16-7-4-12-27-16)22-20(25)13-23-8-10-24(11-9-23)21(26)19-14-28-17-5-2-3-6-18(17)29-19/h2-7,12,15,19H,8-11,13-14H2,1H3,(H,22,25). The van der Waals surface area contributed by atoms with E-state index in [1.807, 2.05) is 36.1 Å². The van der Waals surface area contributed by atoms with E-state index in [9.17, 15) is 9.59 Å². The number of amides is 2. The second-order valence-corrected chi connectivity index (χ2v) is 7.27. The third-order valence-corrected chi connectivity index (χ3v) is 5.18. The third kappa shape index (κ3) is 4.54. The van der Waals surface area contributed by atoms with Gasteiger partial charge in [0.15, 0.2) is 11.5 Å². The number of hydrogen-bond donors (Lipinski definition) is 1. The van der Waals surface area contributed by atoms with Crippen molar-refractivity contribution in [2.45, 2.75) is 19.1 Å². The minimum Gasteiger partial charge on any atom is -0.485 e. The molecular formula is C21H25N3O5. The number of rotatable bonds is 5. The van der Waals surface area contributed by atoms with Crippen molar-refractivity contribution in [1.82, 2.24) is 15.1 Å². The van der Waals surface area contributed by atoms with Crippen LogP contribution in [0.2, 0.25) is 0 Å². The second kappa shape index (κ2) is 8.57. The molecule has 1 aromatic carbocycles. The summed E-state index contributed by atoms with van der Waals surface area (Å²) in [6.07, 6.45) is 0.961. The lowest BCUT2D eigenvalue weighted by atomic mass is 10.2. The highest BCUT2D eigenvalue weighted by Crippen LogP contribution is 2.31. The maximum absolute atomic E-state index is 12.8. The van der Waals surface area contributed by atoms with Crippen LogP contribution in [0.15, 0.2) is 47.1 Å². The predicted octanol–water partition coefficient (Wildman–Crippen LogP) is 1.44. The molecule has 3 heterocycles. The Balaban J connectivity index is 1.23. The van der Waals surface area contributed by atoms with E-state index in [0.717, 1.165) is 5.76 Å². The molecule has 2 atom stereocenters. The molecule has 1 N–H and O–H groups in total. The van der Waals surface area contributed by atoms with Crippen LogP contribution in [0.25, 0.3) is 0 Å². The zero-order chi connectivity index (χ0) is 20.2. The van der Waals surface area contributed by atoms with Crippen LogP contribution in [-0.4, -0.2) is 67.0 Å². The van der Waals surface area contributed by atoms with Gasteiger partial charge in [0.2, 0.25) is 12.0 Å². The number of carbonyl (C=O) groups excluding carboxylic acids is 2. The summed E-state index contributed by atoms with van der Waals surface area (Å²) >= 11 is 0. The number of furan rings is 1. The lowest BCUT2D eigenvalue weighted by molar-refractivity contribution is -0.143. The van der Waals surface area contributed by atoms with Crippen LogP contribution in [0.1, 0.15) is 18.7 Å². The van der Waals surface area contributed by atoms with Crippen molar-refractivity contribution in [2.24, 2.45) is 0 Å². The Morgan fingerprint density at radius 3 is 2.59 bits per heavy atom. The van der Waals surface area contributed by atoms with Gasteiger partial charge in [0, 0.05) is 26.2 Å². The summed E-state index contributed by atoms with van der Waals surface area (Å²) in [5.74, 6) is 1.85. The Morgan fingerprint density at radius 2 is 1.86 bits per heavy atom. The van der Waals surface area contributed by atoms with Crippen molar-refractivity contribution >= 4 is 11.8 Å². The van der Waals surface area contributed by atoms with E-state index in [4.69, 9.17) is 13.9 Å². The maximum atomic E-state index is 12.8. The number of fused-ring (bicyclic) bond motifs is 1. The molecule has 2 aliphatic rings. The van der Waals surface area contributed by atoms with Crippen LogP contribution in [0.5, 0.6) is 11.5 Å². The first-order valence-corrected chi connectivity index (χ1v) is 9.82. The van der Waals surface area contributed by atoms with Gasteiger partial charge in [-0.15, -0.1) is 0 Å². The van der Waals surface area contributed by atoms with Crippen LogP contribution in [0.3, 0.4) is 0 Å². The average molecular weight is 399 g/mol. The summed E-state index contributed by atoms with van der Waals surface area (Å²) in [5.41, 5.74) is 0. The highest BCUT2D eigenvalue weighted by Gasteiger charge is 2.33. The van der Waals surface area contributed by atoms with Gasteiger partial charge in [0.25, 0.3) is 5.91 Å². The molecule has 4 rings (SSSR count). The molecule has 1 aromatic heterocycles. The normalized spacial score (nSPS) is 20.2. The summed E-state index contributed by atoms with van der Waals surface area (Å²) in [6.45, 7) is 4.78. The lowest BCUT2D eigenvalue weighted by Gasteiger charge is -2.37. The van der Waals surface area contributed by atoms with Crippen LogP contribution in [0.4, 0.5) is 0 Å². The first-order valence-electron chi connectivity index (χ1n) is 9.82. The van der Waals surface area contributed by atoms with E-state index >= 15 is 0 Å². The number of hydrogen-bond acceptors (Lipinski definition) is 6. The van der Waals surface area contributed by atoms with E-state index in [0.29, 0.717) is 44.2 Å². The highest BCUT2D eigenvalue weighted by atomic mass is 16.6. The van der Waals surface area contributed by atoms with Gasteiger partial charge in [-0.2, -0.15) is 0 Å². The number of nitrogens with one attached hydrogen (secondary N) is 1. The smallest absolute Gasteiger partial charge is 0.267 e. The van der Waals surface area contributed by atoms with Crippen molar-refractivity contribution in [2.75, 3.05) is 39.3 Å². The van der Waals surface area contributed by atoms with E-state index in [2.05, 4.69) is 5.32 Å². The Labute approximate surface area is 169 Å². The monoisotopic (exact) mass is 399 g/mol. The Hall–Kier alpha value is -3.00. The van der Waals surface area contributed by atoms with Gasteiger partial charge >= 0.3 is 0 Å². The molecule has 1 saturated heterocycles. The van der Waals surface area contributed by atoms with Gasteiger partial charge in [-0.25, -0.2) is 0 Å². The van der Waals surface area contributed by atoms with Gasteiger partial charge in [-0.3, -0.25) is 14.5 Å². The molecule has 0 saturated carbocycles. The SMILES string of the molecule is CC(NC(=O)CN1CCN(C(=O)C2COc3ccccc3O2)CC1)c1ccco1.